The molecule has 112 valence electrons. The van der Waals surface area contributed by atoms with Gasteiger partial charge in [-0.2, -0.15) is 5.26 Å². The Balaban J connectivity index is 1.92. The highest BCUT2D eigenvalue weighted by Crippen LogP contribution is 2.34. The summed E-state index contributed by atoms with van der Waals surface area (Å²) in [6.07, 6.45) is 3.83. The lowest BCUT2D eigenvalue weighted by molar-refractivity contribution is 0.0600. The number of benzene rings is 1. The fraction of sp³-hybridized carbons (Fsp3) is 0.500. The van der Waals surface area contributed by atoms with E-state index in [0.717, 1.165) is 32.5 Å². The number of nitriles is 1. The lowest BCUT2D eigenvalue weighted by Gasteiger charge is -2.36. The molecule has 2 rings (SSSR count). The minimum atomic E-state index is -0.307. The first-order valence-electron chi connectivity index (χ1n) is 6.98. The van der Waals surface area contributed by atoms with Gasteiger partial charge in [0.15, 0.2) is 0 Å². The zero-order valence-corrected chi connectivity index (χ0v) is 13.3. The highest BCUT2D eigenvalue weighted by molar-refractivity contribution is 8.00. The minimum absolute atomic E-state index is 0.203. The largest absolute Gasteiger partial charge is 0.465 e. The molecule has 1 aliphatic heterocycles. The van der Waals surface area contributed by atoms with Crippen molar-refractivity contribution in [3.05, 3.63) is 35.4 Å². The monoisotopic (exact) mass is 304 g/mol. The molecule has 4 nitrogen and oxygen atoms in total. The van der Waals surface area contributed by atoms with Crippen molar-refractivity contribution in [3.63, 3.8) is 0 Å². The number of hydrogen-bond donors (Lipinski definition) is 0. The summed E-state index contributed by atoms with van der Waals surface area (Å²) in [4.78, 5) is 13.7. The van der Waals surface area contributed by atoms with Crippen LogP contribution >= 0.6 is 11.8 Å². The lowest BCUT2D eigenvalue weighted by atomic mass is 9.97. The van der Waals surface area contributed by atoms with Crippen LogP contribution in [0.3, 0.4) is 0 Å². The molecular weight excluding hydrogens is 284 g/mol. The zero-order chi connectivity index (χ0) is 15.3. The standard InChI is InChI=1S/C16H20N2O2S/c1-20-15(19)14-5-3-13(4-6-14)11-18-9-7-16(12-17,21-2)8-10-18/h3-6H,7-11H2,1-2H3. The van der Waals surface area contributed by atoms with E-state index in [2.05, 4.69) is 11.0 Å². The Labute approximate surface area is 130 Å². The van der Waals surface area contributed by atoms with E-state index in [-0.39, 0.29) is 10.7 Å². The number of methoxy groups -OCH3 is 1. The second-order valence-electron chi connectivity index (χ2n) is 5.27. The SMILES string of the molecule is COC(=O)c1ccc(CN2CCC(C#N)(SC)CC2)cc1. The molecule has 0 unspecified atom stereocenters. The van der Waals surface area contributed by atoms with Crippen molar-refractivity contribution in [3.8, 4) is 6.07 Å². The van der Waals surface area contributed by atoms with E-state index < -0.39 is 0 Å². The molecule has 0 atom stereocenters. The van der Waals surface area contributed by atoms with Crippen LogP contribution in [-0.4, -0.2) is 42.1 Å². The molecule has 1 saturated heterocycles. The molecule has 0 aromatic heterocycles. The smallest absolute Gasteiger partial charge is 0.337 e. The summed E-state index contributed by atoms with van der Waals surface area (Å²) in [5, 5.41) is 9.29. The Kier molecular flexibility index (Phi) is 5.27. The van der Waals surface area contributed by atoms with Crippen LogP contribution in [0.5, 0.6) is 0 Å². The predicted octanol–water partition coefficient (Wildman–Crippen LogP) is 2.69. The molecular formula is C16H20N2O2S. The molecule has 1 fully saturated rings. The maximum absolute atomic E-state index is 11.4. The molecule has 0 saturated carbocycles. The van der Waals surface area contributed by atoms with Crippen LogP contribution in [0.4, 0.5) is 0 Å². The highest BCUT2D eigenvalue weighted by Gasteiger charge is 2.33. The van der Waals surface area contributed by atoms with E-state index in [1.54, 1.807) is 23.9 Å². The Hall–Kier alpha value is -1.51. The summed E-state index contributed by atoms with van der Waals surface area (Å²) in [5.74, 6) is -0.307. The van der Waals surface area contributed by atoms with Crippen LogP contribution in [0.2, 0.25) is 0 Å². The van der Waals surface area contributed by atoms with Crippen LogP contribution in [0.1, 0.15) is 28.8 Å². The first-order valence-corrected chi connectivity index (χ1v) is 8.21. The predicted molar refractivity (Wildman–Crippen MR) is 84.2 cm³/mol. The number of carbonyl (C=O) groups is 1. The topological polar surface area (TPSA) is 53.3 Å². The number of hydrogen-bond acceptors (Lipinski definition) is 5. The second-order valence-corrected chi connectivity index (χ2v) is 6.46. The molecule has 0 aliphatic carbocycles. The van der Waals surface area contributed by atoms with Crippen molar-refractivity contribution in [2.24, 2.45) is 0 Å². The maximum Gasteiger partial charge on any atom is 0.337 e. The fourth-order valence-corrected chi connectivity index (χ4v) is 3.24. The van der Waals surface area contributed by atoms with E-state index in [9.17, 15) is 10.1 Å². The molecule has 21 heavy (non-hydrogen) atoms. The maximum atomic E-state index is 11.4. The number of esters is 1. The van der Waals surface area contributed by atoms with Crippen LogP contribution < -0.4 is 0 Å². The van der Waals surface area contributed by atoms with Crippen molar-refractivity contribution >= 4 is 17.7 Å². The number of carbonyl (C=O) groups excluding carboxylic acids is 1. The molecule has 1 heterocycles. The van der Waals surface area contributed by atoms with E-state index in [0.29, 0.717) is 5.56 Å². The van der Waals surface area contributed by atoms with Crippen molar-refractivity contribution in [2.75, 3.05) is 26.5 Å². The third kappa shape index (κ3) is 3.78. The Morgan fingerprint density at radius 2 is 2.00 bits per heavy atom. The third-order valence-electron chi connectivity index (χ3n) is 4.04. The first kappa shape index (κ1) is 15.9. The van der Waals surface area contributed by atoms with Crippen LogP contribution in [0.25, 0.3) is 0 Å². The van der Waals surface area contributed by atoms with Gasteiger partial charge in [-0.3, -0.25) is 4.90 Å². The quantitative estimate of drug-likeness (QED) is 0.801. The number of ether oxygens (including phenoxy) is 1. The molecule has 0 N–H and O–H groups in total. The Bertz CT molecular complexity index is 528. The van der Waals surface area contributed by atoms with Gasteiger partial charge in [0.1, 0.15) is 4.75 Å². The zero-order valence-electron chi connectivity index (χ0n) is 12.5. The fourth-order valence-electron chi connectivity index (χ4n) is 2.56. The van der Waals surface area contributed by atoms with Gasteiger partial charge in [0.05, 0.1) is 18.7 Å². The van der Waals surface area contributed by atoms with Gasteiger partial charge in [-0.1, -0.05) is 12.1 Å². The summed E-state index contributed by atoms with van der Waals surface area (Å²) in [7, 11) is 1.39. The number of rotatable bonds is 4. The van der Waals surface area contributed by atoms with Gasteiger partial charge in [-0.25, -0.2) is 4.79 Å². The molecule has 1 aromatic carbocycles. The van der Waals surface area contributed by atoms with Gasteiger partial charge in [0.25, 0.3) is 0 Å². The van der Waals surface area contributed by atoms with E-state index in [1.807, 2.05) is 18.4 Å². The van der Waals surface area contributed by atoms with Crippen molar-refractivity contribution in [2.45, 2.75) is 24.1 Å². The van der Waals surface area contributed by atoms with E-state index in [4.69, 9.17) is 4.74 Å². The van der Waals surface area contributed by atoms with Crippen molar-refractivity contribution in [1.29, 1.82) is 5.26 Å². The third-order valence-corrected chi connectivity index (χ3v) is 5.32. The number of thioether (sulfide) groups is 1. The van der Waals surface area contributed by atoms with Crippen molar-refractivity contribution in [1.82, 2.24) is 4.90 Å². The molecule has 0 spiro atoms. The Morgan fingerprint density at radius 1 is 1.38 bits per heavy atom. The summed E-state index contributed by atoms with van der Waals surface area (Å²) in [6, 6.07) is 9.99. The van der Waals surface area contributed by atoms with Gasteiger partial charge >= 0.3 is 5.97 Å². The number of piperidine rings is 1. The Morgan fingerprint density at radius 3 is 2.48 bits per heavy atom. The normalized spacial score (nSPS) is 18.0. The van der Waals surface area contributed by atoms with Crippen LogP contribution in [0, 0.1) is 11.3 Å². The van der Waals surface area contributed by atoms with Gasteiger partial charge in [-0.05, 0) is 36.8 Å². The summed E-state index contributed by atoms with van der Waals surface area (Å²) in [6.45, 7) is 2.73. The molecule has 0 radical (unpaired) electrons. The molecule has 0 bridgehead atoms. The highest BCUT2D eigenvalue weighted by atomic mass is 32.2. The van der Waals surface area contributed by atoms with Crippen molar-refractivity contribution < 1.29 is 9.53 Å². The number of nitrogens with zero attached hydrogens (tertiary/aromatic N) is 2. The van der Waals surface area contributed by atoms with E-state index >= 15 is 0 Å². The van der Waals surface area contributed by atoms with Crippen LogP contribution in [-0.2, 0) is 11.3 Å². The minimum Gasteiger partial charge on any atom is -0.465 e. The first-order chi connectivity index (χ1) is 10.1. The van der Waals surface area contributed by atoms with Crippen LogP contribution in [0.15, 0.2) is 24.3 Å². The second kappa shape index (κ2) is 6.97. The molecule has 1 aliphatic rings. The molecule has 5 heteroatoms. The summed E-state index contributed by atoms with van der Waals surface area (Å²) >= 11 is 1.67. The molecule has 1 aromatic rings. The lowest BCUT2D eigenvalue weighted by Crippen LogP contribution is -2.41. The van der Waals surface area contributed by atoms with Gasteiger partial charge in [0.2, 0.25) is 0 Å². The summed E-state index contributed by atoms with van der Waals surface area (Å²) in [5.41, 5.74) is 1.75. The average Bonchev–Trinajstić information content (AvgIpc) is 2.56. The van der Waals surface area contributed by atoms with E-state index in [1.165, 1.54) is 12.7 Å². The molecule has 0 amide bonds. The summed E-state index contributed by atoms with van der Waals surface area (Å²) < 4.78 is 4.49. The van der Waals surface area contributed by atoms with Gasteiger partial charge in [-0.15, -0.1) is 11.8 Å². The average molecular weight is 304 g/mol. The van der Waals surface area contributed by atoms with Gasteiger partial charge in [0, 0.05) is 19.6 Å². The van der Waals surface area contributed by atoms with Gasteiger partial charge < -0.3 is 4.74 Å². The number of likely N-dealkylation sites (tertiary alicyclic amines) is 1.